The Hall–Kier alpha value is -1.90. The zero-order valence-electron chi connectivity index (χ0n) is 18.3. The van der Waals surface area contributed by atoms with Crippen LogP contribution >= 0.6 is 15.9 Å². The van der Waals surface area contributed by atoms with E-state index >= 15 is 0 Å². The highest BCUT2D eigenvalue weighted by molar-refractivity contribution is 9.10. The van der Waals surface area contributed by atoms with Crippen LogP contribution in [0.4, 0.5) is 11.4 Å². The molecular formula is C23H28BrN3O3S. The number of piperazine rings is 1. The van der Waals surface area contributed by atoms with Crippen LogP contribution in [0.3, 0.4) is 0 Å². The van der Waals surface area contributed by atoms with Gasteiger partial charge in [0.05, 0.1) is 4.90 Å². The zero-order chi connectivity index (χ0) is 22.5. The molecule has 0 unspecified atom stereocenters. The number of anilines is 2. The summed E-state index contributed by atoms with van der Waals surface area (Å²) in [7, 11) is -3.70. The standard InChI is InChI=1S/C23H28BrN3O3S/c1-15-5-7-20(8-6-15)26-10-9-25(14-17(26)3)31(29,30)23-13-22-19(12-21(23)24)11-16(2)27(22)18(4)28/h5-8,12-13,16-17H,9-11,14H2,1-4H3/t16-,17-/m0/s1. The lowest BCUT2D eigenvalue weighted by atomic mass is 10.1. The predicted molar refractivity (Wildman–Crippen MR) is 127 cm³/mol. The molecule has 2 aliphatic rings. The average Bonchev–Trinajstić information content (AvgIpc) is 3.02. The van der Waals surface area contributed by atoms with Crippen LogP contribution in [-0.2, 0) is 21.2 Å². The van der Waals surface area contributed by atoms with Crippen LogP contribution < -0.4 is 9.80 Å². The summed E-state index contributed by atoms with van der Waals surface area (Å²) >= 11 is 3.48. The summed E-state index contributed by atoms with van der Waals surface area (Å²) in [4.78, 5) is 16.3. The van der Waals surface area contributed by atoms with E-state index in [2.05, 4.69) is 58.9 Å². The molecule has 0 radical (unpaired) electrons. The molecule has 0 bridgehead atoms. The van der Waals surface area contributed by atoms with E-state index in [0.717, 1.165) is 17.7 Å². The van der Waals surface area contributed by atoms with Crippen LogP contribution in [0.15, 0.2) is 45.8 Å². The molecular weight excluding hydrogens is 478 g/mol. The van der Waals surface area contributed by atoms with Crippen LogP contribution in [0.1, 0.15) is 31.9 Å². The summed E-state index contributed by atoms with van der Waals surface area (Å²) in [6.45, 7) is 9.06. The molecule has 31 heavy (non-hydrogen) atoms. The first-order valence-electron chi connectivity index (χ1n) is 10.5. The maximum Gasteiger partial charge on any atom is 0.244 e. The van der Waals surface area contributed by atoms with Crippen LogP contribution in [-0.4, -0.2) is 50.3 Å². The van der Waals surface area contributed by atoms with Crippen molar-refractivity contribution in [1.82, 2.24) is 4.31 Å². The third kappa shape index (κ3) is 4.01. The Bertz CT molecular complexity index is 1120. The van der Waals surface area contributed by atoms with Crippen molar-refractivity contribution in [2.24, 2.45) is 0 Å². The highest BCUT2D eigenvalue weighted by Gasteiger charge is 2.36. The molecule has 2 aromatic carbocycles. The van der Waals surface area contributed by atoms with Crippen molar-refractivity contribution in [2.75, 3.05) is 29.4 Å². The van der Waals surface area contributed by atoms with Gasteiger partial charge in [0.25, 0.3) is 0 Å². The number of fused-ring (bicyclic) bond motifs is 1. The fourth-order valence-corrected chi connectivity index (χ4v) is 7.28. The molecule has 1 saturated heterocycles. The van der Waals surface area contributed by atoms with E-state index in [0.29, 0.717) is 29.8 Å². The molecule has 2 atom stereocenters. The maximum atomic E-state index is 13.6. The average molecular weight is 506 g/mol. The fourth-order valence-electron chi connectivity index (χ4n) is 4.70. The molecule has 4 rings (SSSR count). The van der Waals surface area contributed by atoms with Crippen molar-refractivity contribution in [2.45, 2.75) is 51.1 Å². The minimum Gasteiger partial charge on any atom is -0.366 e. The smallest absolute Gasteiger partial charge is 0.244 e. The van der Waals surface area contributed by atoms with Crippen molar-refractivity contribution >= 4 is 43.2 Å². The molecule has 0 aromatic heterocycles. The Kier molecular flexibility index (Phi) is 5.91. The predicted octanol–water partition coefficient (Wildman–Crippen LogP) is 3.95. The number of rotatable bonds is 3. The van der Waals surface area contributed by atoms with Gasteiger partial charge in [-0.05, 0) is 73.0 Å². The molecule has 0 aliphatic carbocycles. The molecule has 2 aliphatic heterocycles. The number of aryl methyl sites for hydroxylation is 1. The second kappa shape index (κ2) is 8.22. The van der Waals surface area contributed by atoms with E-state index in [9.17, 15) is 13.2 Å². The lowest BCUT2D eigenvalue weighted by Gasteiger charge is -2.40. The molecule has 0 saturated carbocycles. The molecule has 1 fully saturated rings. The summed E-state index contributed by atoms with van der Waals surface area (Å²) in [5.74, 6) is -0.0720. The van der Waals surface area contributed by atoms with Gasteiger partial charge < -0.3 is 9.80 Å². The number of hydrogen-bond acceptors (Lipinski definition) is 4. The molecule has 0 N–H and O–H groups in total. The third-order valence-corrected chi connectivity index (χ3v) is 9.09. The first-order chi connectivity index (χ1) is 14.6. The number of sulfonamides is 1. The number of hydrogen-bond donors (Lipinski definition) is 0. The summed E-state index contributed by atoms with van der Waals surface area (Å²) in [5, 5.41) is 0. The molecule has 0 spiro atoms. The van der Waals surface area contributed by atoms with E-state index in [1.165, 1.54) is 12.5 Å². The first kappa shape index (κ1) is 22.3. The number of amides is 1. The number of benzene rings is 2. The second-order valence-corrected chi connectivity index (χ2v) is 11.4. The Morgan fingerprint density at radius 1 is 1.06 bits per heavy atom. The van der Waals surface area contributed by atoms with Gasteiger partial charge in [0.2, 0.25) is 15.9 Å². The quantitative estimate of drug-likeness (QED) is 0.633. The molecule has 2 aromatic rings. The van der Waals surface area contributed by atoms with Gasteiger partial charge in [-0.1, -0.05) is 17.7 Å². The highest BCUT2D eigenvalue weighted by atomic mass is 79.9. The Labute approximate surface area is 193 Å². The summed E-state index contributed by atoms with van der Waals surface area (Å²) in [5.41, 5.74) is 4.01. The number of nitrogens with zero attached hydrogens (tertiary/aromatic N) is 3. The SMILES string of the molecule is CC(=O)N1c2cc(S(=O)(=O)N3CCN(c4ccc(C)cc4)[C@@H](C)C3)c(Br)cc2C[C@@H]1C. The lowest BCUT2D eigenvalue weighted by molar-refractivity contribution is -0.116. The second-order valence-electron chi connectivity index (χ2n) is 8.59. The normalized spacial score (nSPS) is 22.0. The van der Waals surface area contributed by atoms with Crippen molar-refractivity contribution < 1.29 is 13.2 Å². The zero-order valence-corrected chi connectivity index (χ0v) is 20.7. The number of carbonyl (C=O) groups excluding carboxylic acids is 1. The monoisotopic (exact) mass is 505 g/mol. The number of halogens is 1. The molecule has 1 amide bonds. The van der Waals surface area contributed by atoms with Crippen LogP contribution in [0.25, 0.3) is 0 Å². The first-order valence-corrected chi connectivity index (χ1v) is 12.8. The van der Waals surface area contributed by atoms with Gasteiger partial charge in [-0.25, -0.2) is 8.42 Å². The number of carbonyl (C=O) groups is 1. The van der Waals surface area contributed by atoms with E-state index in [1.807, 2.05) is 13.0 Å². The van der Waals surface area contributed by atoms with Crippen LogP contribution in [0, 0.1) is 6.92 Å². The minimum absolute atomic E-state index is 0.0235. The van der Waals surface area contributed by atoms with Gasteiger partial charge in [-0.15, -0.1) is 0 Å². The van der Waals surface area contributed by atoms with Crippen molar-refractivity contribution in [1.29, 1.82) is 0 Å². The molecule has 166 valence electrons. The van der Waals surface area contributed by atoms with E-state index < -0.39 is 10.0 Å². The largest absolute Gasteiger partial charge is 0.366 e. The fraction of sp³-hybridized carbons (Fsp3) is 0.435. The van der Waals surface area contributed by atoms with Gasteiger partial charge in [-0.2, -0.15) is 4.31 Å². The minimum atomic E-state index is -3.70. The third-order valence-electron chi connectivity index (χ3n) is 6.26. The van der Waals surface area contributed by atoms with E-state index in [4.69, 9.17) is 0 Å². The van der Waals surface area contributed by atoms with Crippen molar-refractivity contribution in [3.63, 3.8) is 0 Å². The van der Waals surface area contributed by atoms with Crippen LogP contribution in [0.2, 0.25) is 0 Å². The topological polar surface area (TPSA) is 60.9 Å². The summed E-state index contributed by atoms with van der Waals surface area (Å²) in [6.07, 6.45) is 0.722. The Morgan fingerprint density at radius 2 is 1.74 bits per heavy atom. The Morgan fingerprint density at radius 3 is 2.35 bits per heavy atom. The lowest BCUT2D eigenvalue weighted by Crippen LogP contribution is -2.53. The van der Waals surface area contributed by atoms with Gasteiger partial charge >= 0.3 is 0 Å². The van der Waals surface area contributed by atoms with Gasteiger partial charge in [-0.3, -0.25) is 4.79 Å². The molecule has 6 nitrogen and oxygen atoms in total. The summed E-state index contributed by atoms with van der Waals surface area (Å²) < 4.78 is 29.3. The van der Waals surface area contributed by atoms with E-state index in [-0.39, 0.29) is 22.9 Å². The highest BCUT2D eigenvalue weighted by Crippen LogP contribution is 2.39. The maximum absolute atomic E-state index is 13.6. The van der Waals surface area contributed by atoms with Gasteiger partial charge in [0.1, 0.15) is 0 Å². The van der Waals surface area contributed by atoms with Crippen LogP contribution in [0.5, 0.6) is 0 Å². The van der Waals surface area contributed by atoms with Gasteiger partial charge in [0.15, 0.2) is 0 Å². The van der Waals surface area contributed by atoms with E-state index in [1.54, 1.807) is 15.3 Å². The van der Waals surface area contributed by atoms with Gasteiger partial charge in [0, 0.05) is 54.5 Å². The molecule has 8 heteroatoms. The summed E-state index contributed by atoms with van der Waals surface area (Å²) in [6, 6.07) is 11.9. The van der Waals surface area contributed by atoms with Crippen molar-refractivity contribution in [3.8, 4) is 0 Å². The molecule has 2 heterocycles. The Balaban J connectivity index is 1.61. The van der Waals surface area contributed by atoms with Crippen molar-refractivity contribution in [3.05, 3.63) is 52.0 Å².